The maximum atomic E-state index is 11.0. The predicted molar refractivity (Wildman–Crippen MR) is 66.7 cm³/mol. The van der Waals surface area contributed by atoms with Crippen LogP contribution in [0.4, 0.5) is 0 Å². The Bertz CT molecular complexity index is 363. The number of carbonyl (C=O) groups is 1. The van der Waals surface area contributed by atoms with Gasteiger partial charge in [-0.25, -0.2) is 0 Å². The van der Waals surface area contributed by atoms with Crippen molar-refractivity contribution < 1.29 is 20.1 Å². The third-order valence-corrected chi connectivity index (χ3v) is 3.04. The number of carboxylic acids is 1. The lowest BCUT2D eigenvalue weighted by atomic mass is 9.94. The highest BCUT2D eigenvalue weighted by atomic mass is 79.9. The summed E-state index contributed by atoms with van der Waals surface area (Å²) in [5, 5.41) is 27.0. The molecule has 0 aromatic heterocycles. The van der Waals surface area contributed by atoms with Crippen LogP contribution in [0.2, 0.25) is 0 Å². The van der Waals surface area contributed by atoms with Crippen LogP contribution in [0, 0.1) is 5.92 Å². The Balaban J connectivity index is 2.66. The van der Waals surface area contributed by atoms with Gasteiger partial charge in [0.1, 0.15) is 0 Å². The molecule has 0 saturated heterocycles. The van der Waals surface area contributed by atoms with Gasteiger partial charge in [-0.2, -0.15) is 0 Å². The van der Waals surface area contributed by atoms with Crippen LogP contribution in [0.15, 0.2) is 28.7 Å². The summed E-state index contributed by atoms with van der Waals surface area (Å²) in [6, 6.07) is 7.37. The number of benzene rings is 1. The van der Waals surface area contributed by atoms with Gasteiger partial charge in [-0.15, -0.1) is 0 Å². The van der Waals surface area contributed by atoms with Crippen molar-refractivity contribution in [1.29, 1.82) is 0 Å². The molecule has 1 aromatic carbocycles. The number of aliphatic hydroxyl groups is 2. The molecule has 1 aromatic rings. The van der Waals surface area contributed by atoms with Gasteiger partial charge in [0.05, 0.1) is 18.6 Å². The Morgan fingerprint density at radius 3 is 2.35 bits per heavy atom. The van der Waals surface area contributed by atoms with E-state index in [0.717, 1.165) is 10.0 Å². The summed E-state index contributed by atoms with van der Waals surface area (Å²) >= 11 is 3.30. The molecule has 94 valence electrons. The Hall–Kier alpha value is -0.910. The van der Waals surface area contributed by atoms with Gasteiger partial charge in [0, 0.05) is 4.47 Å². The molecule has 0 bridgehead atoms. The molecule has 0 aliphatic carbocycles. The molecule has 0 fully saturated rings. The maximum Gasteiger partial charge on any atom is 0.306 e. The predicted octanol–water partition coefficient (Wildman–Crippen LogP) is 1.44. The third kappa shape index (κ3) is 4.85. The lowest BCUT2D eigenvalue weighted by Crippen LogP contribution is -2.24. The van der Waals surface area contributed by atoms with Crippen molar-refractivity contribution in [2.24, 2.45) is 5.92 Å². The molecule has 5 heteroatoms. The molecule has 0 saturated carbocycles. The second-order valence-corrected chi connectivity index (χ2v) is 4.85. The van der Waals surface area contributed by atoms with Crippen LogP contribution in [-0.4, -0.2) is 34.0 Å². The topological polar surface area (TPSA) is 77.8 Å². The second kappa shape index (κ2) is 6.74. The van der Waals surface area contributed by atoms with Crippen molar-refractivity contribution in [3.8, 4) is 0 Å². The first kappa shape index (κ1) is 14.2. The molecule has 17 heavy (non-hydrogen) atoms. The van der Waals surface area contributed by atoms with Crippen molar-refractivity contribution in [3.63, 3.8) is 0 Å². The highest BCUT2D eigenvalue weighted by molar-refractivity contribution is 9.10. The van der Waals surface area contributed by atoms with E-state index in [4.69, 9.17) is 10.2 Å². The number of aliphatic hydroxyl groups excluding tert-OH is 2. The zero-order valence-corrected chi connectivity index (χ0v) is 10.8. The van der Waals surface area contributed by atoms with Gasteiger partial charge < -0.3 is 15.3 Å². The number of hydrogen-bond acceptors (Lipinski definition) is 3. The van der Waals surface area contributed by atoms with E-state index >= 15 is 0 Å². The Labute approximate surface area is 108 Å². The molecule has 2 unspecified atom stereocenters. The standard InChI is InChI=1S/C12H15BrO4/c13-10-3-1-8(2-4-10)5-9(12(16)17)6-11(15)7-14/h1-4,9,11,14-15H,5-7H2,(H,16,17). The van der Waals surface area contributed by atoms with Gasteiger partial charge in [-0.3, -0.25) is 4.79 Å². The lowest BCUT2D eigenvalue weighted by molar-refractivity contribution is -0.143. The lowest BCUT2D eigenvalue weighted by Gasteiger charge is -2.15. The average molecular weight is 303 g/mol. The van der Waals surface area contributed by atoms with Crippen molar-refractivity contribution in [2.45, 2.75) is 18.9 Å². The van der Waals surface area contributed by atoms with Crippen LogP contribution in [0.1, 0.15) is 12.0 Å². The van der Waals surface area contributed by atoms with Gasteiger partial charge in [0.25, 0.3) is 0 Å². The smallest absolute Gasteiger partial charge is 0.306 e. The SMILES string of the molecule is O=C(O)C(Cc1ccc(Br)cc1)CC(O)CO. The number of carboxylic acid groups (broad SMARTS) is 1. The quantitative estimate of drug-likeness (QED) is 0.743. The first-order chi connectivity index (χ1) is 8.02. The molecule has 1 rings (SSSR count). The summed E-state index contributed by atoms with van der Waals surface area (Å²) in [6.07, 6.45) is -0.576. The zero-order valence-electron chi connectivity index (χ0n) is 9.21. The van der Waals surface area contributed by atoms with Gasteiger partial charge >= 0.3 is 5.97 Å². The van der Waals surface area contributed by atoms with Crippen LogP contribution < -0.4 is 0 Å². The van der Waals surface area contributed by atoms with E-state index in [1.165, 1.54) is 0 Å². The first-order valence-corrected chi connectivity index (χ1v) is 6.08. The Morgan fingerprint density at radius 1 is 1.29 bits per heavy atom. The molecule has 0 spiro atoms. The molecular weight excluding hydrogens is 288 g/mol. The monoisotopic (exact) mass is 302 g/mol. The Morgan fingerprint density at radius 2 is 1.88 bits per heavy atom. The molecule has 0 radical (unpaired) electrons. The summed E-state index contributed by atoms with van der Waals surface area (Å²) in [5.74, 6) is -1.64. The summed E-state index contributed by atoms with van der Waals surface area (Å²) in [7, 11) is 0. The van der Waals surface area contributed by atoms with E-state index in [-0.39, 0.29) is 6.42 Å². The zero-order chi connectivity index (χ0) is 12.8. The normalized spacial score (nSPS) is 14.3. The van der Waals surface area contributed by atoms with Crippen LogP contribution in [0.25, 0.3) is 0 Å². The van der Waals surface area contributed by atoms with Gasteiger partial charge in [0.2, 0.25) is 0 Å². The van der Waals surface area contributed by atoms with Gasteiger partial charge in [-0.1, -0.05) is 28.1 Å². The van der Waals surface area contributed by atoms with Crippen LogP contribution >= 0.6 is 15.9 Å². The first-order valence-electron chi connectivity index (χ1n) is 5.29. The number of aliphatic carboxylic acids is 1. The average Bonchev–Trinajstić information content (AvgIpc) is 2.30. The fourth-order valence-corrected chi connectivity index (χ4v) is 1.84. The van der Waals surface area contributed by atoms with Crippen LogP contribution in [0.5, 0.6) is 0 Å². The summed E-state index contributed by atoms with van der Waals surface area (Å²) < 4.78 is 0.934. The minimum absolute atomic E-state index is 0.0574. The van der Waals surface area contributed by atoms with Crippen LogP contribution in [0.3, 0.4) is 0 Å². The molecule has 4 nitrogen and oxygen atoms in total. The fourth-order valence-electron chi connectivity index (χ4n) is 1.58. The molecule has 2 atom stereocenters. The fraction of sp³-hybridized carbons (Fsp3) is 0.417. The number of rotatable bonds is 6. The number of halogens is 1. The summed E-state index contributed by atoms with van der Waals surface area (Å²) in [5.41, 5.74) is 0.894. The highest BCUT2D eigenvalue weighted by Gasteiger charge is 2.21. The van der Waals surface area contributed by atoms with E-state index in [0.29, 0.717) is 6.42 Å². The molecule has 0 aliphatic rings. The largest absolute Gasteiger partial charge is 0.481 e. The van der Waals surface area contributed by atoms with Gasteiger partial charge in [0.15, 0.2) is 0 Å². The third-order valence-electron chi connectivity index (χ3n) is 2.51. The molecular formula is C12H15BrO4. The molecule has 0 heterocycles. The van der Waals surface area contributed by atoms with Crippen molar-refractivity contribution in [2.75, 3.05) is 6.61 Å². The van der Waals surface area contributed by atoms with Crippen molar-refractivity contribution in [1.82, 2.24) is 0 Å². The molecule has 3 N–H and O–H groups in total. The molecule has 0 amide bonds. The Kier molecular flexibility index (Phi) is 5.61. The van der Waals surface area contributed by atoms with E-state index < -0.39 is 24.6 Å². The van der Waals surface area contributed by atoms with E-state index in [1.54, 1.807) is 0 Å². The second-order valence-electron chi connectivity index (χ2n) is 3.94. The summed E-state index contributed by atoms with van der Waals surface area (Å²) in [4.78, 5) is 11.0. The van der Waals surface area contributed by atoms with E-state index in [1.807, 2.05) is 24.3 Å². The minimum atomic E-state index is -0.980. The minimum Gasteiger partial charge on any atom is -0.481 e. The van der Waals surface area contributed by atoms with Crippen molar-refractivity contribution >= 4 is 21.9 Å². The van der Waals surface area contributed by atoms with Crippen LogP contribution in [-0.2, 0) is 11.2 Å². The molecule has 0 aliphatic heterocycles. The van der Waals surface area contributed by atoms with E-state index in [2.05, 4.69) is 15.9 Å². The number of hydrogen-bond donors (Lipinski definition) is 3. The maximum absolute atomic E-state index is 11.0. The van der Waals surface area contributed by atoms with Crippen molar-refractivity contribution in [3.05, 3.63) is 34.3 Å². The van der Waals surface area contributed by atoms with Gasteiger partial charge in [-0.05, 0) is 30.5 Å². The summed E-state index contributed by atoms with van der Waals surface area (Å²) in [6.45, 7) is -0.413. The highest BCUT2D eigenvalue weighted by Crippen LogP contribution is 2.17. The van der Waals surface area contributed by atoms with E-state index in [9.17, 15) is 9.90 Å².